The van der Waals surface area contributed by atoms with Crippen LogP contribution in [0.5, 0.6) is 11.5 Å². The highest BCUT2D eigenvalue weighted by molar-refractivity contribution is 6.09. The number of amides is 1. The molecule has 64 heavy (non-hydrogen) atoms. The van der Waals surface area contributed by atoms with Crippen LogP contribution in [0.25, 0.3) is 22.3 Å². The molecule has 6 aromatic rings. The van der Waals surface area contributed by atoms with E-state index < -0.39 is 11.9 Å². The van der Waals surface area contributed by atoms with Gasteiger partial charge in [0.25, 0.3) is 5.91 Å². The first-order valence-corrected chi connectivity index (χ1v) is 21.6. The van der Waals surface area contributed by atoms with Gasteiger partial charge in [-0.1, -0.05) is 72.8 Å². The second-order valence-electron chi connectivity index (χ2n) is 16.3. The van der Waals surface area contributed by atoms with Gasteiger partial charge in [-0.3, -0.25) is 9.69 Å². The molecule has 1 amide bonds. The molecule has 0 fully saturated rings. The third kappa shape index (κ3) is 13.2. The molecule has 0 bridgehead atoms. The first-order valence-electron chi connectivity index (χ1n) is 21.6. The Labute approximate surface area is 378 Å². The number of rotatable bonds is 21. The summed E-state index contributed by atoms with van der Waals surface area (Å²) in [5.74, 6) is 0.619. The lowest BCUT2D eigenvalue weighted by molar-refractivity contribution is -0.139. The number of nitrogens with zero attached hydrogens (tertiary/aromatic N) is 3. The molecule has 0 radical (unpaired) electrons. The Balaban J connectivity index is 1.10. The van der Waals surface area contributed by atoms with Crippen molar-refractivity contribution in [1.82, 2.24) is 9.80 Å². The number of hydrogen-bond acceptors (Lipinski definition) is 9. The van der Waals surface area contributed by atoms with Crippen LogP contribution in [0.1, 0.15) is 35.1 Å². The van der Waals surface area contributed by atoms with Crippen LogP contribution in [0, 0.1) is 0 Å². The number of benzene rings is 6. The topological polar surface area (TPSA) is 104 Å². The quantitative estimate of drug-likeness (QED) is 0.0541. The second-order valence-corrected chi connectivity index (χ2v) is 16.3. The van der Waals surface area contributed by atoms with E-state index in [-0.39, 0.29) is 13.2 Å². The lowest BCUT2D eigenvalue weighted by Gasteiger charge is -2.23. The van der Waals surface area contributed by atoms with Gasteiger partial charge in [0.05, 0.1) is 20.8 Å². The van der Waals surface area contributed by atoms with Crippen LogP contribution < -0.4 is 19.7 Å². The highest BCUT2D eigenvalue weighted by atomic mass is 16.5. The number of hydrogen-bond donors (Lipinski definition) is 2. The Bertz CT molecular complexity index is 2460. The van der Waals surface area contributed by atoms with Crippen LogP contribution in [0.15, 0.2) is 146 Å². The molecule has 0 aromatic heterocycles. The van der Waals surface area contributed by atoms with E-state index in [1.807, 2.05) is 117 Å². The maximum atomic E-state index is 14.1. The van der Waals surface area contributed by atoms with Gasteiger partial charge in [-0.2, -0.15) is 0 Å². The first-order chi connectivity index (χ1) is 31.0. The van der Waals surface area contributed by atoms with Gasteiger partial charge in [-0.15, -0.1) is 0 Å². The van der Waals surface area contributed by atoms with Crippen molar-refractivity contribution in [3.63, 3.8) is 0 Å². The van der Waals surface area contributed by atoms with E-state index >= 15 is 0 Å². The van der Waals surface area contributed by atoms with Gasteiger partial charge >= 0.3 is 5.97 Å². The minimum atomic E-state index is -0.626. The Morgan fingerprint density at radius 3 is 1.56 bits per heavy atom. The van der Waals surface area contributed by atoms with Gasteiger partial charge in [-0.25, -0.2) is 4.79 Å². The minimum Gasteiger partial charge on any atom is -0.496 e. The molecule has 0 aliphatic carbocycles. The van der Waals surface area contributed by atoms with E-state index in [4.69, 9.17) is 14.2 Å². The van der Waals surface area contributed by atoms with E-state index in [1.165, 1.54) is 17.7 Å². The minimum absolute atomic E-state index is 0.0235. The fourth-order valence-corrected chi connectivity index (χ4v) is 7.45. The molecule has 6 rings (SSSR count). The summed E-state index contributed by atoms with van der Waals surface area (Å²) in [5.41, 5.74) is 11.1. The van der Waals surface area contributed by atoms with E-state index in [0.717, 1.165) is 101 Å². The molecule has 332 valence electrons. The average molecular weight is 861 g/mol. The Morgan fingerprint density at radius 2 is 1.03 bits per heavy atom. The van der Waals surface area contributed by atoms with Crippen LogP contribution >= 0.6 is 0 Å². The molecule has 2 N–H and O–H groups in total. The number of aryl methyl sites for hydroxylation is 2. The maximum Gasteiger partial charge on any atom is 0.331 e. The lowest BCUT2D eigenvalue weighted by Crippen LogP contribution is -2.24. The summed E-state index contributed by atoms with van der Waals surface area (Å²) in [5, 5.41) is 13.0. The highest BCUT2D eigenvalue weighted by Crippen LogP contribution is 2.33. The molecule has 0 spiro atoms. The summed E-state index contributed by atoms with van der Waals surface area (Å²) in [6.45, 7) is 1.95. The van der Waals surface area contributed by atoms with Crippen LogP contribution in [0.2, 0.25) is 0 Å². The molecular formula is C54H60N4O6. The molecule has 0 saturated heterocycles. The number of anilines is 4. The summed E-state index contributed by atoms with van der Waals surface area (Å²) in [4.78, 5) is 33.0. The van der Waals surface area contributed by atoms with Crippen molar-refractivity contribution < 1.29 is 28.9 Å². The zero-order chi connectivity index (χ0) is 45.4. The highest BCUT2D eigenvalue weighted by Gasteiger charge is 2.19. The average Bonchev–Trinajstić information content (AvgIpc) is 3.31. The number of methoxy groups -OCH3 is 2. The number of carbonyl (C=O) groups excluding carboxylic acids is 2. The summed E-state index contributed by atoms with van der Waals surface area (Å²) >= 11 is 0. The van der Waals surface area contributed by atoms with Crippen molar-refractivity contribution in [3.8, 4) is 33.8 Å². The van der Waals surface area contributed by atoms with Gasteiger partial charge in [0.15, 0.2) is 0 Å². The SMILES string of the molecule is COc1ccc(Nc2ccc(-c3ccc(COC(=O)/C=C\C(=O)N(c4ccc(-c5ccc(CO)cc5)cc4)c4ccc(OC)c(CCCN(C)C)c4)cc3)cc2)cc1CCCN(C)C. The molecule has 0 saturated carbocycles. The summed E-state index contributed by atoms with van der Waals surface area (Å²) in [6, 6.07) is 43.4. The standard InChI is InChI=1S/C54H60N4O6/c1-56(2)33-7-9-45-35-48(25-29-51(45)62-5)55-47-23-19-43(20-24-47)42-17-13-40(14-18-42)38-64-54(61)32-31-53(60)58(50-28-30-52(63-6)46(36-50)10-8-34-57(3)4)49-26-21-44(22-27-49)41-15-11-39(37-59)12-16-41/h11-32,35-36,55,59H,7-10,33-34,37-38H2,1-6H3/b32-31-. The molecule has 6 aromatic carbocycles. The predicted octanol–water partition coefficient (Wildman–Crippen LogP) is 10.2. The lowest BCUT2D eigenvalue weighted by atomic mass is 10.0. The van der Waals surface area contributed by atoms with Crippen molar-refractivity contribution in [2.75, 3.05) is 65.7 Å². The van der Waals surface area contributed by atoms with Crippen LogP contribution in [-0.2, 0) is 40.4 Å². The number of aliphatic hydroxyl groups excluding tert-OH is 1. The molecule has 0 heterocycles. The molecular weight excluding hydrogens is 801 g/mol. The molecule has 0 unspecified atom stereocenters. The monoisotopic (exact) mass is 860 g/mol. The van der Waals surface area contributed by atoms with Crippen molar-refractivity contribution in [2.24, 2.45) is 0 Å². The number of aliphatic hydroxyl groups is 1. The second kappa shape index (κ2) is 23.1. The van der Waals surface area contributed by atoms with Gasteiger partial charge in [0, 0.05) is 34.9 Å². The molecule has 10 nitrogen and oxygen atoms in total. The Morgan fingerprint density at radius 1 is 0.562 bits per heavy atom. The number of esters is 1. The zero-order valence-electron chi connectivity index (χ0n) is 37.8. The molecule has 0 atom stereocenters. The summed E-state index contributed by atoms with van der Waals surface area (Å²) in [6.07, 6.45) is 6.08. The maximum absolute atomic E-state index is 14.1. The smallest absolute Gasteiger partial charge is 0.331 e. The fourth-order valence-electron chi connectivity index (χ4n) is 7.45. The number of carbonyl (C=O) groups is 2. The van der Waals surface area contributed by atoms with Gasteiger partial charge in [0.2, 0.25) is 0 Å². The predicted molar refractivity (Wildman–Crippen MR) is 259 cm³/mol. The first kappa shape index (κ1) is 46.8. The normalized spacial score (nSPS) is 11.3. The summed E-state index contributed by atoms with van der Waals surface area (Å²) in [7, 11) is 11.6. The Kier molecular flexibility index (Phi) is 16.9. The van der Waals surface area contributed by atoms with Crippen molar-refractivity contribution in [2.45, 2.75) is 38.9 Å². The molecule has 10 heteroatoms. The van der Waals surface area contributed by atoms with Crippen LogP contribution in [0.3, 0.4) is 0 Å². The van der Waals surface area contributed by atoms with Crippen LogP contribution in [-0.4, -0.2) is 82.3 Å². The van der Waals surface area contributed by atoms with Gasteiger partial charge in [0.1, 0.15) is 18.1 Å². The third-order valence-corrected chi connectivity index (χ3v) is 10.9. The fraction of sp³-hybridized carbons (Fsp3) is 0.259. The largest absolute Gasteiger partial charge is 0.496 e. The van der Waals surface area contributed by atoms with E-state index in [2.05, 4.69) is 59.5 Å². The molecule has 0 aliphatic heterocycles. The summed E-state index contributed by atoms with van der Waals surface area (Å²) < 4.78 is 16.9. The van der Waals surface area contributed by atoms with E-state index in [9.17, 15) is 14.7 Å². The van der Waals surface area contributed by atoms with Crippen molar-refractivity contribution in [1.29, 1.82) is 0 Å². The number of ether oxygens (including phenoxy) is 3. The van der Waals surface area contributed by atoms with Crippen molar-refractivity contribution >= 4 is 34.6 Å². The van der Waals surface area contributed by atoms with Crippen LogP contribution in [0.4, 0.5) is 22.7 Å². The van der Waals surface area contributed by atoms with Gasteiger partial charge in [-0.05, 0) is 172 Å². The molecule has 0 aliphatic rings. The van der Waals surface area contributed by atoms with Gasteiger partial charge < -0.3 is 34.4 Å². The van der Waals surface area contributed by atoms with E-state index in [0.29, 0.717) is 11.4 Å². The Hall–Kier alpha value is -6.72. The number of nitrogens with one attached hydrogen (secondary N) is 1. The van der Waals surface area contributed by atoms with E-state index in [1.54, 1.807) is 19.1 Å². The zero-order valence-corrected chi connectivity index (χ0v) is 37.8. The van der Waals surface area contributed by atoms with Crippen molar-refractivity contribution in [3.05, 3.63) is 168 Å². The third-order valence-electron chi connectivity index (χ3n) is 10.9.